The normalized spacial score (nSPS) is 15.5. The van der Waals surface area contributed by atoms with E-state index in [1.54, 1.807) is 0 Å². The Hall–Kier alpha value is -1.87. The monoisotopic (exact) mass is 228 g/mol. The number of nitrogens with one attached hydrogen (secondary N) is 1. The zero-order chi connectivity index (χ0) is 12.3. The fourth-order valence-electron chi connectivity index (χ4n) is 1.70. The fourth-order valence-corrected chi connectivity index (χ4v) is 1.70. The van der Waals surface area contributed by atoms with Gasteiger partial charge in [0.1, 0.15) is 0 Å². The van der Waals surface area contributed by atoms with E-state index in [9.17, 15) is 4.79 Å². The molecule has 0 heterocycles. The van der Waals surface area contributed by atoms with Crippen LogP contribution in [0.3, 0.4) is 0 Å². The number of carbonyl (C=O) groups excluding carboxylic acids is 1. The molecule has 0 aliphatic heterocycles. The predicted molar refractivity (Wildman–Crippen MR) is 69.5 cm³/mol. The molecule has 3 heteroatoms. The Kier molecular flexibility index (Phi) is 3.40. The van der Waals surface area contributed by atoms with Gasteiger partial charge in [-0.1, -0.05) is 30.4 Å². The van der Waals surface area contributed by atoms with Crippen LogP contribution in [0.1, 0.15) is 24.9 Å². The topological polar surface area (TPSA) is 55.1 Å². The SMILES string of the molecule is CC(N)c1ccc(NC(=O)C2=CCC=C2)cc1. The molecule has 0 fully saturated rings. The highest BCUT2D eigenvalue weighted by Gasteiger charge is 2.09. The quantitative estimate of drug-likeness (QED) is 0.835. The molecule has 3 N–H and O–H groups in total. The molecule has 1 atom stereocenters. The van der Waals surface area contributed by atoms with E-state index in [0.29, 0.717) is 0 Å². The predicted octanol–water partition coefficient (Wildman–Crippen LogP) is 2.53. The van der Waals surface area contributed by atoms with Gasteiger partial charge in [0.05, 0.1) is 0 Å². The molecule has 0 spiro atoms. The highest BCUT2D eigenvalue weighted by Crippen LogP contribution is 2.16. The minimum atomic E-state index is -0.0627. The lowest BCUT2D eigenvalue weighted by Crippen LogP contribution is -2.12. The Bertz CT molecular complexity index is 470. The van der Waals surface area contributed by atoms with Crippen LogP contribution in [0.2, 0.25) is 0 Å². The molecule has 1 amide bonds. The second kappa shape index (κ2) is 4.97. The number of hydrogen-bond acceptors (Lipinski definition) is 2. The summed E-state index contributed by atoms with van der Waals surface area (Å²) in [6.07, 6.45) is 6.55. The van der Waals surface area contributed by atoms with Gasteiger partial charge in [0.15, 0.2) is 0 Å². The van der Waals surface area contributed by atoms with Crippen LogP contribution in [0.25, 0.3) is 0 Å². The Balaban J connectivity index is 2.04. The molecule has 0 aromatic heterocycles. The third kappa shape index (κ3) is 2.82. The van der Waals surface area contributed by atoms with E-state index in [-0.39, 0.29) is 11.9 Å². The number of anilines is 1. The lowest BCUT2D eigenvalue weighted by molar-refractivity contribution is -0.112. The minimum Gasteiger partial charge on any atom is -0.324 e. The maximum atomic E-state index is 11.8. The molecule has 3 nitrogen and oxygen atoms in total. The van der Waals surface area contributed by atoms with Gasteiger partial charge in [0.2, 0.25) is 0 Å². The van der Waals surface area contributed by atoms with Crippen molar-refractivity contribution in [2.24, 2.45) is 5.73 Å². The van der Waals surface area contributed by atoms with Crippen molar-refractivity contribution in [1.29, 1.82) is 0 Å². The van der Waals surface area contributed by atoms with Crippen molar-refractivity contribution in [3.63, 3.8) is 0 Å². The summed E-state index contributed by atoms with van der Waals surface area (Å²) >= 11 is 0. The summed E-state index contributed by atoms with van der Waals surface area (Å²) in [6.45, 7) is 1.93. The van der Waals surface area contributed by atoms with Gasteiger partial charge in [-0.3, -0.25) is 4.79 Å². The second-order valence-electron chi connectivity index (χ2n) is 4.16. The van der Waals surface area contributed by atoms with Crippen molar-refractivity contribution >= 4 is 11.6 Å². The Labute approximate surface area is 101 Å². The summed E-state index contributed by atoms with van der Waals surface area (Å²) in [6, 6.07) is 7.62. The number of benzene rings is 1. The van der Waals surface area contributed by atoms with Gasteiger partial charge in [-0.2, -0.15) is 0 Å². The molecular formula is C14H16N2O. The smallest absolute Gasteiger partial charge is 0.255 e. The van der Waals surface area contributed by atoms with Gasteiger partial charge in [0, 0.05) is 17.3 Å². The van der Waals surface area contributed by atoms with Crippen LogP contribution < -0.4 is 11.1 Å². The van der Waals surface area contributed by atoms with E-state index in [1.807, 2.05) is 49.4 Å². The first kappa shape index (κ1) is 11.6. The van der Waals surface area contributed by atoms with E-state index in [4.69, 9.17) is 5.73 Å². The number of rotatable bonds is 3. The van der Waals surface area contributed by atoms with E-state index in [0.717, 1.165) is 23.2 Å². The Morgan fingerprint density at radius 2 is 2.06 bits per heavy atom. The van der Waals surface area contributed by atoms with E-state index < -0.39 is 0 Å². The van der Waals surface area contributed by atoms with Gasteiger partial charge >= 0.3 is 0 Å². The van der Waals surface area contributed by atoms with Gasteiger partial charge in [-0.05, 0) is 31.0 Å². The summed E-state index contributed by atoms with van der Waals surface area (Å²) in [5.41, 5.74) is 8.33. The maximum absolute atomic E-state index is 11.8. The first-order chi connectivity index (χ1) is 8.16. The highest BCUT2D eigenvalue weighted by molar-refractivity contribution is 6.06. The van der Waals surface area contributed by atoms with Crippen LogP contribution in [0.15, 0.2) is 48.1 Å². The molecule has 1 aliphatic carbocycles. The van der Waals surface area contributed by atoms with E-state index in [2.05, 4.69) is 5.32 Å². The molecule has 1 unspecified atom stereocenters. The third-order valence-corrected chi connectivity index (χ3v) is 2.73. The average molecular weight is 228 g/mol. The van der Waals surface area contributed by atoms with Gasteiger partial charge < -0.3 is 11.1 Å². The number of allylic oxidation sites excluding steroid dienone is 2. The van der Waals surface area contributed by atoms with Crippen LogP contribution in [-0.2, 0) is 4.79 Å². The number of nitrogens with two attached hydrogens (primary N) is 1. The maximum Gasteiger partial charge on any atom is 0.255 e. The molecule has 0 saturated heterocycles. The molecule has 2 rings (SSSR count). The molecule has 1 aromatic rings. The van der Waals surface area contributed by atoms with Crippen molar-refractivity contribution in [3.05, 3.63) is 53.6 Å². The molecule has 0 radical (unpaired) electrons. The van der Waals surface area contributed by atoms with E-state index >= 15 is 0 Å². The molecular weight excluding hydrogens is 212 g/mol. The van der Waals surface area contributed by atoms with Crippen LogP contribution in [0.5, 0.6) is 0 Å². The largest absolute Gasteiger partial charge is 0.324 e. The minimum absolute atomic E-state index is 0.0141. The Morgan fingerprint density at radius 3 is 2.59 bits per heavy atom. The van der Waals surface area contributed by atoms with Crippen LogP contribution >= 0.6 is 0 Å². The third-order valence-electron chi connectivity index (χ3n) is 2.73. The van der Waals surface area contributed by atoms with Crippen LogP contribution in [0.4, 0.5) is 5.69 Å². The van der Waals surface area contributed by atoms with E-state index in [1.165, 1.54) is 0 Å². The lowest BCUT2D eigenvalue weighted by atomic mass is 10.1. The molecule has 0 bridgehead atoms. The van der Waals surface area contributed by atoms with Gasteiger partial charge in [0.25, 0.3) is 5.91 Å². The summed E-state index contributed by atoms with van der Waals surface area (Å²) in [5, 5.41) is 2.85. The second-order valence-corrected chi connectivity index (χ2v) is 4.16. The fraction of sp³-hybridized carbons (Fsp3) is 0.214. The first-order valence-electron chi connectivity index (χ1n) is 5.70. The summed E-state index contributed by atoms with van der Waals surface area (Å²) < 4.78 is 0. The number of hydrogen-bond donors (Lipinski definition) is 2. The standard InChI is InChI=1S/C14H16N2O/c1-10(15)11-6-8-13(9-7-11)16-14(17)12-4-2-3-5-12/h2,4-10H,3,15H2,1H3,(H,16,17). The molecule has 0 saturated carbocycles. The summed E-state index contributed by atoms with van der Waals surface area (Å²) in [5.74, 6) is -0.0627. The van der Waals surface area contributed by atoms with Crippen molar-refractivity contribution < 1.29 is 4.79 Å². The van der Waals surface area contributed by atoms with Gasteiger partial charge in [-0.15, -0.1) is 0 Å². The molecule has 1 aromatic carbocycles. The summed E-state index contributed by atoms with van der Waals surface area (Å²) in [7, 11) is 0. The zero-order valence-corrected chi connectivity index (χ0v) is 9.81. The molecule has 17 heavy (non-hydrogen) atoms. The molecule has 88 valence electrons. The summed E-state index contributed by atoms with van der Waals surface area (Å²) in [4.78, 5) is 11.8. The van der Waals surface area contributed by atoms with Gasteiger partial charge in [-0.25, -0.2) is 0 Å². The molecule has 1 aliphatic rings. The first-order valence-corrected chi connectivity index (χ1v) is 5.70. The zero-order valence-electron chi connectivity index (χ0n) is 9.81. The van der Waals surface area contributed by atoms with Crippen molar-refractivity contribution in [1.82, 2.24) is 0 Å². The van der Waals surface area contributed by atoms with Crippen LogP contribution in [-0.4, -0.2) is 5.91 Å². The van der Waals surface area contributed by atoms with Crippen molar-refractivity contribution in [2.45, 2.75) is 19.4 Å². The number of carbonyl (C=O) groups is 1. The highest BCUT2D eigenvalue weighted by atomic mass is 16.1. The lowest BCUT2D eigenvalue weighted by Gasteiger charge is -2.08. The Morgan fingerprint density at radius 1 is 1.35 bits per heavy atom. The van der Waals surface area contributed by atoms with Crippen molar-refractivity contribution in [2.75, 3.05) is 5.32 Å². The average Bonchev–Trinajstić information content (AvgIpc) is 2.83. The number of amides is 1. The van der Waals surface area contributed by atoms with Crippen LogP contribution in [0, 0.1) is 0 Å². The van der Waals surface area contributed by atoms with Crippen molar-refractivity contribution in [3.8, 4) is 0 Å².